The molecule has 2 rings (SSSR count). The highest BCUT2D eigenvalue weighted by Crippen LogP contribution is 2.26. The second-order valence-corrected chi connectivity index (χ2v) is 4.69. The Bertz CT molecular complexity index is 427. The van der Waals surface area contributed by atoms with Crippen LogP contribution in [-0.2, 0) is 6.42 Å². The molecule has 0 aliphatic heterocycles. The van der Waals surface area contributed by atoms with Crippen LogP contribution in [0.5, 0.6) is 0 Å². The van der Waals surface area contributed by atoms with E-state index in [2.05, 4.69) is 48.9 Å². The van der Waals surface area contributed by atoms with E-state index in [-0.39, 0.29) is 0 Å². The third kappa shape index (κ3) is 2.29. The lowest BCUT2D eigenvalue weighted by molar-refractivity contribution is 0.920. The molecule has 0 saturated heterocycles. The van der Waals surface area contributed by atoms with Gasteiger partial charge in [-0.15, -0.1) is 0 Å². The van der Waals surface area contributed by atoms with Crippen molar-refractivity contribution in [3.63, 3.8) is 0 Å². The van der Waals surface area contributed by atoms with Gasteiger partial charge in [-0.25, -0.2) is 0 Å². The van der Waals surface area contributed by atoms with Gasteiger partial charge in [0.15, 0.2) is 0 Å². The lowest BCUT2D eigenvalue weighted by atomic mass is 9.99. The highest BCUT2D eigenvalue weighted by Gasteiger charge is 2.02. The third-order valence-corrected chi connectivity index (χ3v) is 3.34. The van der Waals surface area contributed by atoms with Crippen LogP contribution in [0.25, 0.3) is 11.1 Å². The number of aryl methyl sites for hydroxylation is 2. The molecule has 0 N–H and O–H groups in total. The Morgan fingerprint density at radius 1 is 1.20 bits per heavy atom. The van der Waals surface area contributed by atoms with Gasteiger partial charge in [0, 0.05) is 0 Å². The Morgan fingerprint density at radius 3 is 2.67 bits per heavy atom. The Morgan fingerprint density at radius 2 is 2.07 bits per heavy atom. The van der Waals surface area contributed by atoms with Crippen molar-refractivity contribution in [2.45, 2.75) is 26.7 Å². The summed E-state index contributed by atoms with van der Waals surface area (Å²) < 4.78 is 0. The Balaban J connectivity index is 2.35. The van der Waals surface area contributed by atoms with Crippen LogP contribution < -0.4 is 0 Å². The predicted octanol–water partition coefficient (Wildman–Crippen LogP) is 4.68. The van der Waals surface area contributed by atoms with Crippen LogP contribution in [0, 0.1) is 6.92 Å². The lowest BCUT2D eigenvalue weighted by Crippen LogP contribution is -1.87. The first kappa shape index (κ1) is 10.4. The van der Waals surface area contributed by atoms with Gasteiger partial charge in [-0.05, 0) is 52.4 Å². The summed E-state index contributed by atoms with van der Waals surface area (Å²) in [5, 5.41) is 4.34. The molecule has 1 heteroatoms. The summed E-state index contributed by atoms with van der Waals surface area (Å²) in [4.78, 5) is 0. The minimum atomic E-state index is 1.19. The standard InChI is InChI=1S/C14H16S/c1-3-4-12-5-6-14(11(2)9-12)13-7-8-15-10-13/h5-10H,3-4H2,1-2H3. The zero-order valence-electron chi connectivity index (χ0n) is 9.29. The number of hydrogen-bond donors (Lipinski definition) is 0. The zero-order chi connectivity index (χ0) is 10.7. The Labute approximate surface area is 95.6 Å². The molecular formula is C14H16S. The molecule has 78 valence electrons. The fraction of sp³-hybridized carbons (Fsp3) is 0.286. The first-order valence-corrected chi connectivity index (χ1v) is 6.37. The molecule has 15 heavy (non-hydrogen) atoms. The third-order valence-electron chi connectivity index (χ3n) is 2.66. The molecule has 0 nitrogen and oxygen atoms in total. The summed E-state index contributed by atoms with van der Waals surface area (Å²) in [6.07, 6.45) is 2.40. The molecule has 0 radical (unpaired) electrons. The van der Waals surface area contributed by atoms with Crippen LogP contribution in [0.1, 0.15) is 24.5 Å². The van der Waals surface area contributed by atoms with Gasteiger partial charge in [-0.1, -0.05) is 31.5 Å². The average Bonchev–Trinajstić information content (AvgIpc) is 2.71. The summed E-state index contributed by atoms with van der Waals surface area (Å²) in [7, 11) is 0. The number of rotatable bonds is 3. The zero-order valence-corrected chi connectivity index (χ0v) is 10.1. The average molecular weight is 216 g/mol. The van der Waals surface area contributed by atoms with Crippen molar-refractivity contribution >= 4 is 11.3 Å². The summed E-state index contributed by atoms with van der Waals surface area (Å²) >= 11 is 1.76. The maximum atomic E-state index is 2.32. The van der Waals surface area contributed by atoms with E-state index < -0.39 is 0 Å². The smallest absolute Gasteiger partial charge is 0.00146 e. The van der Waals surface area contributed by atoms with E-state index in [9.17, 15) is 0 Å². The fourth-order valence-electron chi connectivity index (χ4n) is 1.91. The van der Waals surface area contributed by atoms with Gasteiger partial charge in [0.2, 0.25) is 0 Å². The van der Waals surface area contributed by atoms with E-state index in [1.165, 1.54) is 35.1 Å². The first-order chi connectivity index (χ1) is 7.31. The molecule has 1 heterocycles. The van der Waals surface area contributed by atoms with Crippen molar-refractivity contribution in [3.8, 4) is 11.1 Å². The highest BCUT2D eigenvalue weighted by molar-refractivity contribution is 7.08. The van der Waals surface area contributed by atoms with Crippen LogP contribution in [0.4, 0.5) is 0 Å². The molecule has 0 fully saturated rings. The van der Waals surface area contributed by atoms with E-state index >= 15 is 0 Å². The van der Waals surface area contributed by atoms with Gasteiger partial charge in [-0.3, -0.25) is 0 Å². The predicted molar refractivity (Wildman–Crippen MR) is 68.5 cm³/mol. The van der Waals surface area contributed by atoms with E-state index in [1.54, 1.807) is 11.3 Å². The topological polar surface area (TPSA) is 0 Å². The number of hydrogen-bond acceptors (Lipinski definition) is 1. The van der Waals surface area contributed by atoms with E-state index in [0.29, 0.717) is 0 Å². The molecular weight excluding hydrogens is 200 g/mol. The largest absolute Gasteiger partial charge is 0.152 e. The fourth-order valence-corrected chi connectivity index (χ4v) is 2.57. The molecule has 0 atom stereocenters. The number of benzene rings is 1. The van der Waals surface area contributed by atoms with E-state index in [4.69, 9.17) is 0 Å². The lowest BCUT2D eigenvalue weighted by Gasteiger charge is -2.06. The second-order valence-electron chi connectivity index (χ2n) is 3.91. The van der Waals surface area contributed by atoms with Crippen LogP contribution in [0.2, 0.25) is 0 Å². The maximum Gasteiger partial charge on any atom is -0.00146 e. The van der Waals surface area contributed by atoms with Crippen LogP contribution in [0.3, 0.4) is 0 Å². The second kappa shape index (κ2) is 4.63. The molecule has 1 aromatic heterocycles. The summed E-state index contributed by atoms with van der Waals surface area (Å²) in [6.45, 7) is 4.42. The van der Waals surface area contributed by atoms with E-state index in [1.807, 2.05) is 0 Å². The van der Waals surface area contributed by atoms with Crippen LogP contribution >= 0.6 is 11.3 Å². The molecule has 1 aromatic carbocycles. The summed E-state index contributed by atoms with van der Waals surface area (Å²) in [5.74, 6) is 0. The van der Waals surface area contributed by atoms with E-state index in [0.717, 1.165) is 0 Å². The van der Waals surface area contributed by atoms with Crippen molar-refractivity contribution < 1.29 is 0 Å². The van der Waals surface area contributed by atoms with Crippen LogP contribution in [-0.4, -0.2) is 0 Å². The minimum absolute atomic E-state index is 1.19. The van der Waals surface area contributed by atoms with Gasteiger partial charge in [0.25, 0.3) is 0 Å². The molecule has 0 saturated carbocycles. The van der Waals surface area contributed by atoms with Crippen molar-refractivity contribution in [1.82, 2.24) is 0 Å². The highest BCUT2D eigenvalue weighted by atomic mass is 32.1. The van der Waals surface area contributed by atoms with Gasteiger partial charge in [0.05, 0.1) is 0 Å². The van der Waals surface area contributed by atoms with Crippen molar-refractivity contribution in [1.29, 1.82) is 0 Å². The van der Waals surface area contributed by atoms with Gasteiger partial charge in [0.1, 0.15) is 0 Å². The minimum Gasteiger partial charge on any atom is -0.152 e. The molecule has 0 unspecified atom stereocenters. The Kier molecular flexibility index (Phi) is 3.22. The monoisotopic (exact) mass is 216 g/mol. The normalized spacial score (nSPS) is 10.5. The Hall–Kier alpha value is -1.08. The van der Waals surface area contributed by atoms with Crippen molar-refractivity contribution in [2.24, 2.45) is 0 Å². The maximum absolute atomic E-state index is 2.32. The summed E-state index contributed by atoms with van der Waals surface area (Å²) in [6, 6.07) is 9.01. The van der Waals surface area contributed by atoms with Gasteiger partial charge in [-0.2, -0.15) is 11.3 Å². The SMILES string of the molecule is CCCc1ccc(-c2ccsc2)c(C)c1. The van der Waals surface area contributed by atoms with Crippen molar-refractivity contribution in [2.75, 3.05) is 0 Å². The molecule has 0 amide bonds. The first-order valence-electron chi connectivity index (χ1n) is 5.43. The van der Waals surface area contributed by atoms with Crippen LogP contribution in [0.15, 0.2) is 35.0 Å². The molecule has 0 aliphatic carbocycles. The van der Waals surface area contributed by atoms with Gasteiger partial charge >= 0.3 is 0 Å². The molecule has 0 bridgehead atoms. The van der Waals surface area contributed by atoms with Crippen molar-refractivity contribution in [3.05, 3.63) is 46.2 Å². The molecule has 0 spiro atoms. The molecule has 2 aromatic rings. The molecule has 0 aliphatic rings. The summed E-state index contributed by atoms with van der Waals surface area (Å²) in [5.41, 5.74) is 5.56. The quantitative estimate of drug-likeness (QED) is 0.699. The number of thiophene rings is 1. The van der Waals surface area contributed by atoms with Gasteiger partial charge < -0.3 is 0 Å².